The molecule has 0 aromatic carbocycles. The molecule has 1 aliphatic rings. The fourth-order valence-corrected chi connectivity index (χ4v) is 4.27. The van der Waals surface area contributed by atoms with Crippen molar-refractivity contribution in [3.63, 3.8) is 0 Å². The van der Waals surface area contributed by atoms with E-state index in [1.165, 1.54) is 4.90 Å². The van der Waals surface area contributed by atoms with Crippen molar-refractivity contribution in [3.05, 3.63) is 0 Å². The summed E-state index contributed by atoms with van der Waals surface area (Å²) in [6.07, 6.45) is 2.31. The molecule has 4 atom stereocenters. The van der Waals surface area contributed by atoms with Crippen molar-refractivity contribution in [1.82, 2.24) is 15.5 Å². The average Bonchev–Trinajstić information content (AvgIpc) is 3.29. The van der Waals surface area contributed by atoms with Crippen LogP contribution in [0.3, 0.4) is 0 Å². The van der Waals surface area contributed by atoms with Gasteiger partial charge in [-0.2, -0.15) is 0 Å². The second-order valence-electron chi connectivity index (χ2n) is 12.7. The maximum atomic E-state index is 13.6. The Bertz CT molecular complexity index is 894. The third kappa shape index (κ3) is 12.2. The molecular formula is C28H51N5O7. The van der Waals surface area contributed by atoms with Crippen molar-refractivity contribution < 1.29 is 33.4 Å². The number of rotatable bonds is 13. The zero-order valence-electron chi connectivity index (χ0n) is 25.5. The van der Waals surface area contributed by atoms with Crippen molar-refractivity contribution in [2.45, 2.75) is 129 Å². The van der Waals surface area contributed by atoms with E-state index in [4.69, 9.17) is 20.9 Å². The van der Waals surface area contributed by atoms with Crippen molar-refractivity contribution >= 4 is 29.7 Å². The highest BCUT2D eigenvalue weighted by atomic mass is 16.6. The Morgan fingerprint density at radius 2 is 1.52 bits per heavy atom. The molecule has 1 saturated heterocycles. The lowest BCUT2D eigenvalue weighted by molar-refractivity contribution is -0.164. The number of esters is 2. The fraction of sp³-hybridized carbons (Fsp3) is 0.821. The molecular weight excluding hydrogens is 518 g/mol. The Labute approximate surface area is 238 Å². The maximum absolute atomic E-state index is 13.6. The standard InChI is InChI=1S/C28H51N5O7/c1-17(2)22(25(37)33-15-11-13-20(33)26(38)40-28(6,7)8)32-24(36)19(16-21(34)39-27(3,4)5)31-23(35)18(30)12-9-10-14-29/h17-20,22H,9-16,29-30H2,1-8H3,(H,31,35)(H,32,36)/t18-,19-,20-,22-/m0/s1. The number of hydrogen-bond acceptors (Lipinski definition) is 9. The van der Waals surface area contributed by atoms with Crippen LogP contribution in [-0.2, 0) is 33.4 Å². The first-order chi connectivity index (χ1) is 18.4. The molecule has 12 nitrogen and oxygen atoms in total. The monoisotopic (exact) mass is 569 g/mol. The number of ether oxygens (including phenoxy) is 2. The van der Waals surface area contributed by atoms with Gasteiger partial charge in [0.25, 0.3) is 0 Å². The molecule has 0 aromatic heterocycles. The van der Waals surface area contributed by atoms with Gasteiger partial charge in [-0.1, -0.05) is 20.3 Å². The molecule has 0 unspecified atom stereocenters. The number of hydrogen-bond donors (Lipinski definition) is 4. The third-order valence-electron chi connectivity index (χ3n) is 6.18. The molecule has 0 bridgehead atoms. The Morgan fingerprint density at radius 1 is 0.925 bits per heavy atom. The molecule has 1 aliphatic heterocycles. The highest BCUT2D eigenvalue weighted by Gasteiger charge is 2.41. The summed E-state index contributed by atoms with van der Waals surface area (Å²) in [5, 5.41) is 5.26. The smallest absolute Gasteiger partial charge is 0.329 e. The van der Waals surface area contributed by atoms with Crippen LogP contribution >= 0.6 is 0 Å². The van der Waals surface area contributed by atoms with E-state index >= 15 is 0 Å². The van der Waals surface area contributed by atoms with Gasteiger partial charge in [-0.15, -0.1) is 0 Å². The van der Waals surface area contributed by atoms with Gasteiger partial charge in [-0.3, -0.25) is 19.2 Å². The predicted octanol–water partition coefficient (Wildman–Crippen LogP) is 1.13. The number of amides is 3. The first-order valence-corrected chi connectivity index (χ1v) is 14.2. The molecule has 40 heavy (non-hydrogen) atoms. The lowest BCUT2D eigenvalue weighted by atomic mass is 10.0. The lowest BCUT2D eigenvalue weighted by Gasteiger charge is -2.32. The van der Waals surface area contributed by atoms with Crippen LogP contribution in [0.4, 0.5) is 0 Å². The van der Waals surface area contributed by atoms with Crippen LogP contribution in [0.25, 0.3) is 0 Å². The Hall–Kier alpha value is -2.73. The first kappa shape index (κ1) is 35.3. The number of unbranched alkanes of at least 4 members (excludes halogenated alkanes) is 1. The first-order valence-electron chi connectivity index (χ1n) is 14.2. The van der Waals surface area contributed by atoms with Gasteiger partial charge in [0.15, 0.2) is 0 Å². The molecule has 1 fully saturated rings. The average molecular weight is 570 g/mol. The largest absolute Gasteiger partial charge is 0.460 e. The molecule has 0 spiro atoms. The van der Waals surface area contributed by atoms with Gasteiger partial charge >= 0.3 is 11.9 Å². The van der Waals surface area contributed by atoms with Crippen molar-refractivity contribution in [3.8, 4) is 0 Å². The number of carbonyl (C=O) groups is 5. The predicted molar refractivity (Wildman–Crippen MR) is 151 cm³/mol. The molecule has 230 valence electrons. The normalized spacial score (nSPS) is 18.1. The highest BCUT2D eigenvalue weighted by Crippen LogP contribution is 2.23. The van der Waals surface area contributed by atoms with Gasteiger partial charge in [0.2, 0.25) is 17.7 Å². The summed E-state index contributed by atoms with van der Waals surface area (Å²) in [5.41, 5.74) is 10.00. The highest BCUT2D eigenvalue weighted by molar-refractivity contribution is 5.96. The van der Waals surface area contributed by atoms with Crippen LogP contribution < -0.4 is 22.1 Å². The van der Waals surface area contributed by atoms with E-state index < -0.39 is 71.5 Å². The Kier molecular flexibility index (Phi) is 13.5. The molecule has 0 aliphatic carbocycles. The molecule has 3 amide bonds. The number of nitrogens with one attached hydrogen (secondary N) is 2. The number of nitrogens with two attached hydrogens (primary N) is 2. The summed E-state index contributed by atoms with van der Waals surface area (Å²) in [4.78, 5) is 66.7. The molecule has 0 radical (unpaired) electrons. The van der Waals surface area contributed by atoms with E-state index in [9.17, 15) is 24.0 Å². The van der Waals surface area contributed by atoms with Crippen LogP contribution in [0, 0.1) is 5.92 Å². The minimum atomic E-state index is -1.32. The summed E-state index contributed by atoms with van der Waals surface area (Å²) in [6.45, 7) is 14.7. The molecule has 0 aromatic rings. The van der Waals surface area contributed by atoms with E-state index in [0.717, 1.165) is 0 Å². The van der Waals surface area contributed by atoms with E-state index in [-0.39, 0.29) is 5.92 Å². The summed E-state index contributed by atoms with van der Waals surface area (Å²) < 4.78 is 10.9. The quantitative estimate of drug-likeness (QED) is 0.187. The lowest BCUT2D eigenvalue weighted by Crippen LogP contribution is -2.59. The number of carbonyl (C=O) groups excluding carboxylic acids is 5. The summed E-state index contributed by atoms with van der Waals surface area (Å²) >= 11 is 0. The molecule has 0 saturated carbocycles. The second kappa shape index (κ2) is 15.3. The van der Waals surface area contributed by atoms with Gasteiger partial charge in [0.05, 0.1) is 12.5 Å². The van der Waals surface area contributed by atoms with E-state index in [0.29, 0.717) is 45.2 Å². The molecule has 1 heterocycles. The van der Waals surface area contributed by atoms with E-state index in [2.05, 4.69) is 10.6 Å². The van der Waals surface area contributed by atoms with Crippen molar-refractivity contribution in [2.75, 3.05) is 13.1 Å². The topological polar surface area (TPSA) is 183 Å². The summed E-state index contributed by atoms with van der Waals surface area (Å²) in [5.74, 6) is -3.30. The van der Waals surface area contributed by atoms with Gasteiger partial charge in [0.1, 0.15) is 29.3 Å². The SMILES string of the molecule is CC(C)[C@H](NC(=O)[C@H](CC(=O)OC(C)(C)C)NC(=O)[C@@H](N)CCCCN)C(=O)N1CCC[C@H]1C(=O)OC(C)(C)C. The van der Waals surface area contributed by atoms with Crippen LogP contribution in [0.15, 0.2) is 0 Å². The summed E-state index contributed by atoms with van der Waals surface area (Å²) in [6, 6.07) is -3.99. The van der Waals surface area contributed by atoms with Crippen LogP contribution in [0.1, 0.15) is 93.9 Å². The van der Waals surface area contributed by atoms with E-state index in [1.54, 1.807) is 55.4 Å². The van der Waals surface area contributed by atoms with Crippen LogP contribution in [-0.4, -0.2) is 83.0 Å². The minimum absolute atomic E-state index is 0.345. The Balaban J connectivity index is 3.11. The van der Waals surface area contributed by atoms with Crippen LogP contribution in [0.5, 0.6) is 0 Å². The van der Waals surface area contributed by atoms with E-state index in [1.807, 2.05) is 0 Å². The van der Waals surface area contributed by atoms with Gasteiger partial charge in [0, 0.05) is 6.54 Å². The molecule has 1 rings (SSSR count). The molecule has 6 N–H and O–H groups in total. The van der Waals surface area contributed by atoms with Gasteiger partial charge in [-0.25, -0.2) is 4.79 Å². The Morgan fingerprint density at radius 3 is 2.05 bits per heavy atom. The number of likely N-dealkylation sites (tertiary alicyclic amines) is 1. The van der Waals surface area contributed by atoms with Crippen molar-refractivity contribution in [1.29, 1.82) is 0 Å². The third-order valence-corrected chi connectivity index (χ3v) is 6.18. The zero-order chi connectivity index (χ0) is 30.8. The van der Waals surface area contributed by atoms with Crippen molar-refractivity contribution in [2.24, 2.45) is 17.4 Å². The van der Waals surface area contributed by atoms with Crippen LogP contribution in [0.2, 0.25) is 0 Å². The summed E-state index contributed by atoms with van der Waals surface area (Å²) in [7, 11) is 0. The van der Waals surface area contributed by atoms with Gasteiger partial charge in [-0.05, 0) is 79.7 Å². The zero-order valence-corrected chi connectivity index (χ0v) is 25.5. The molecule has 12 heteroatoms. The van der Waals surface area contributed by atoms with Gasteiger partial charge < -0.3 is 36.5 Å². The fourth-order valence-electron chi connectivity index (χ4n) is 4.27. The number of nitrogens with zero attached hydrogens (tertiary/aromatic N) is 1. The second-order valence-corrected chi connectivity index (χ2v) is 12.7. The minimum Gasteiger partial charge on any atom is -0.460 e. The maximum Gasteiger partial charge on any atom is 0.329 e.